The number of nitrogens with zero attached hydrogens (tertiary/aromatic N) is 2. The fourth-order valence-electron chi connectivity index (χ4n) is 6.37. The number of carbonyl (C=O) groups excluding carboxylic acids is 1. The zero-order chi connectivity index (χ0) is 34.4. The molecule has 0 saturated carbocycles. The first-order chi connectivity index (χ1) is 23.8. The Morgan fingerprint density at radius 2 is 0.854 bits per heavy atom. The summed E-state index contributed by atoms with van der Waals surface area (Å²) in [5, 5.41) is 0. The first-order valence-electron chi connectivity index (χ1n) is 21.0. The molecule has 0 unspecified atom stereocenters. The minimum absolute atomic E-state index is 0.175. The molecule has 1 amide bonds. The van der Waals surface area contributed by atoms with Gasteiger partial charge in [0.1, 0.15) is 0 Å². The van der Waals surface area contributed by atoms with Gasteiger partial charge in [-0.15, -0.1) is 0 Å². The molecular weight excluding hydrogens is 588 g/mol. The van der Waals surface area contributed by atoms with Crippen molar-refractivity contribution in [3.05, 3.63) is 48.6 Å². The van der Waals surface area contributed by atoms with E-state index in [1.807, 2.05) is 4.90 Å². The lowest BCUT2D eigenvalue weighted by atomic mass is 10.1. The highest BCUT2D eigenvalue weighted by molar-refractivity contribution is 5.68. The molecule has 1 aliphatic heterocycles. The van der Waals surface area contributed by atoms with Crippen LogP contribution in [0.15, 0.2) is 48.6 Å². The third-order valence-electron chi connectivity index (χ3n) is 9.55. The Bertz CT molecular complexity index is 748. The summed E-state index contributed by atoms with van der Waals surface area (Å²) in [5.74, 6) is 0. The van der Waals surface area contributed by atoms with Crippen molar-refractivity contribution in [1.29, 1.82) is 0 Å². The Morgan fingerprint density at radius 3 is 1.27 bits per heavy atom. The first-order valence-corrected chi connectivity index (χ1v) is 21.0. The third-order valence-corrected chi connectivity index (χ3v) is 9.55. The minimum Gasteiger partial charge on any atom is -0.449 e. The van der Waals surface area contributed by atoms with Gasteiger partial charge in [-0.25, -0.2) is 4.79 Å². The van der Waals surface area contributed by atoms with E-state index in [2.05, 4.69) is 67.4 Å². The van der Waals surface area contributed by atoms with E-state index in [9.17, 15) is 4.79 Å². The summed E-state index contributed by atoms with van der Waals surface area (Å²) in [6.07, 6.45) is 52.9. The Balaban J connectivity index is 2.21. The SMILES string of the molecule is CCCCCCCCC=CCCCCCC=CCN(CC=CCCCCCC=CCCCCCCCC)C(=O)OCCCN1CCCC1. The van der Waals surface area contributed by atoms with Crippen LogP contribution in [0.5, 0.6) is 0 Å². The van der Waals surface area contributed by atoms with E-state index in [-0.39, 0.29) is 6.09 Å². The first kappa shape index (κ1) is 44.2. The number of likely N-dealkylation sites (tertiary alicyclic amines) is 1. The highest BCUT2D eigenvalue weighted by Crippen LogP contribution is 2.11. The number of carbonyl (C=O) groups is 1. The standard InChI is InChI=1S/C44H80N2O2/c1-3-5-7-9-11-13-15-17-19-21-23-25-27-29-31-33-41-46(44(47)48-43-37-40-45-38-35-36-39-45)42-34-32-30-28-26-24-22-20-18-16-14-12-10-8-6-4-2/h17-20,31-34H,3-16,21-30,35-43H2,1-2H3. The van der Waals surface area contributed by atoms with Gasteiger partial charge in [0.15, 0.2) is 0 Å². The lowest BCUT2D eigenvalue weighted by Crippen LogP contribution is -2.32. The number of amides is 1. The van der Waals surface area contributed by atoms with Crippen molar-refractivity contribution in [3.8, 4) is 0 Å². The number of unbranched alkanes of at least 4 members (excludes halogenated alkanes) is 20. The molecule has 1 saturated heterocycles. The van der Waals surface area contributed by atoms with Crippen molar-refractivity contribution in [2.75, 3.05) is 39.3 Å². The van der Waals surface area contributed by atoms with E-state index in [1.165, 1.54) is 167 Å². The van der Waals surface area contributed by atoms with Gasteiger partial charge in [-0.3, -0.25) is 0 Å². The highest BCUT2D eigenvalue weighted by Gasteiger charge is 2.14. The summed E-state index contributed by atoms with van der Waals surface area (Å²) >= 11 is 0. The largest absolute Gasteiger partial charge is 0.449 e. The average Bonchev–Trinajstić information content (AvgIpc) is 3.62. The second kappa shape index (κ2) is 36.5. The zero-order valence-electron chi connectivity index (χ0n) is 32.2. The second-order valence-corrected chi connectivity index (χ2v) is 14.2. The van der Waals surface area contributed by atoms with E-state index in [1.54, 1.807) is 0 Å². The fourth-order valence-corrected chi connectivity index (χ4v) is 6.37. The Kier molecular flexibility index (Phi) is 33.6. The van der Waals surface area contributed by atoms with Gasteiger partial charge in [-0.2, -0.15) is 0 Å². The molecule has 1 rings (SSSR count). The van der Waals surface area contributed by atoms with Crippen LogP contribution >= 0.6 is 0 Å². The van der Waals surface area contributed by atoms with Crippen LogP contribution in [0, 0.1) is 0 Å². The van der Waals surface area contributed by atoms with E-state index in [0.29, 0.717) is 19.7 Å². The molecule has 0 aromatic carbocycles. The molecule has 0 aromatic rings. The van der Waals surface area contributed by atoms with Crippen molar-refractivity contribution in [1.82, 2.24) is 9.80 Å². The van der Waals surface area contributed by atoms with Crippen molar-refractivity contribution < 1.29 is 9.53 Å². The molecule has 0 aliphatic carbocycles. The second-order valence-electron chi connectivity index (χ2n) is 14.2. The predicted molar refractivity (Wildman–Crippen MR) is 212 cm³/mol. The van der Waals surface area contributed by atoms with Gasteiger partial charge in [0.2, 0.25) is 0 Å². The number of hydrogen-bond acceptors (Lipinski definition) is 3. The van der Waals surface area contributed by atoms with Crippen LogP contribution in [0.25, 0.3) is 0 Å². The van der Waals surface area contributed by atoms with E-state index in [4.69, 9.17) is 4.74 Å². The maximum Gasteiger partial charge on any atom is 0.410 e. The number of ether oxygens (including phenoxy) is 1. The molecule has 0 aromatic heterocycles. The molecule has 1 heterocycles. The molecule has 0 radical (unpaired) electrons. The molecule has 278 valence electrons. The monoisotopic (exact) mass is 669 g/mol. The number of hydrogen-bond donors (Lipinski definition) is 0. The molecule has 48 heavy (non-hydrogen) atoms. The molecule has 0 atom stereocenters. The summed E-state index contributed by atoms with van der Waals surface area (Å²) in [4.78, 5) is 17.3. The lowest BCUT2D eigenvalue weighted by molar-refractivity contribution is 0.106. The summed E-state index contributed by atoms with van der Waals surface area (Å²) in [6.45, 7) is 9.76. The quantitative estimate of drug-likeness (QED) is 0.0505. The van der Waals surface area contributed by atoms with Crippen LogP contribution in [0.1, 0.15) is 187 Å². The van der Waals surface area contributed by atoms with Gasteiger partial charge >= 0.3 is 6.09 Å². The lowest BCUT2D eigenvalue weighted by Gasteiger charge is -2.20. The topological polar surface area (TPSA) is 32.8 Å². The van der Waals surface area contributed by atoms with Gasteiger partial charge in [0, 0.05) is 19.6 Å². The molecule has 1 fully saturated rings. The summed E-state index contributed by atoms with van der Waals surface area (Å²) < 4.78 is 5.70. The molecular formula is C44H80N2O2. The van der Waals surface area contributed by atoms with Crippen LogP contribution in [0.3, 0.4) is 0 Å². The zero-order valence-corrected chi connectivity index (χ0v) is 32.2. The van der Waals surface area contributed by atoms with Crippen LogP contribution < -0.4 is 0 Å². The van der Waals surface area contributed by atoms with Crippen LogP contribution in [-0.4, -0.2) is 55.2 Å². The maximum atomic E-state index is 12.9. The van der Waals surface area contributed by atoms with E-state index >= 15 is 0 Å². The van der Waals surface area contributed by atoms with E-state index < -0.39 is 0 Å². The highest BCUT2D eigenvalue weighted by atomic mass is 16.6. The van der Waals surface area contributed by atoms with Gasteiger partial charge < -0.3 is 14.5 Å². The van der Waals surface area contributed by atoms with Crippen molar-refractivity contribution in [2.24, 2.45) is 0 Å². The fraction of sp³-hybridized carbons (Fsp3) is 0.795. The summed E-state index contributed by atoms with van der Waals surface area (Å²) in [5.41, 5.74) is 0. The van der Waals surface area contributed by atoms with Crippen molar-refractivity contribution in [3.63, 3.8) is 0 Å². The minimum atomic E-state index is -0.175. The number of allylic oxidation sites excluding steroid dienone is 6. The maximum absolute atomic E-state index is 12.9. The number of rotatable bonds is 34. The Hall–Kier alpha value is -1.81. The normalized spacial score (nSPS) is 14.1. The van der Waals surface area contributed by atoms with Crippen molar-refractivity contribution >= 4 is 6.09 Å². The predicted octanol–water partition coefficient (Wildman–Crippen LogP) is 13.5. The van der Waals surface area contributed by atoms with Crippen LogP contribution in [0.4, 0.5) is 4.79 Å². The Labute approximate surface area is 299 Å². The van der Waals surface area contributed by atoms with Crippen LogP contribution in [0.2, 0.25) is 0 Å². The molecule has 4 nitrogen and oxygen atoms in total. The van der Waals surface area contributed by atoms with Gasteiger partial charge in [0.25, 0.3) is 0 Å². The molecule has 0 N–H and O–H groups in total. The summed E-state index contributed by atoms with van der Waals surface area (Å²) in [7, 11) is 0. The van der Waals surface area contributed by atoms with Gasteiger partial charge in [-0.1, -0.05) is 140 Å². The molecule has 4 heteroatoms. The summed E-state index contributed by atoms with van der Waals surface area (Å²) in [6, 6.07) is 0. The molecule has 0 spiro atoms. The Morgan fingerprint density at radius 1 is 0.500 bits per heavy atom. The average molecular weight is 669 g/mol. The smallest absolute Gasteiger partial charge is 0.410 e. The van der Waals surface area contributed by atoms with Crippen molar-refractivity contribution in [2.45, 2.75) is 187 Å². The molecule has 1 aliphatic rings. The van der Waals surface area contributed by atoms with Crippen LogP contribution in [-0.2, 0) is 4.74 Å². The van der Waals surface area contributed by atoms with E-state index in [0.717, 1.165) is 25.8 Å². The third kappa shape index (κ3) is 30.3. The van der Waals surface area contributed by atoms with Gasteiger partial charge in [0.05, 0.1) is 6.61 Å². The molecule has 0 bridgehead atoms. The van der Waals surface area contributed by atoms with Gasteiger partial charge in [-0.05, 0) is 109 Å².